The minimum absolute atomic E-state index is 0.00463. The molecule has 2 rings (SSSR count). The van der Waals surface area contributed by atoms with Crippen molar-refractivity contribution in [3.05, 3.63) is 0 Å². The Morgan fingerprint density at radius 1 is 1.50 bits per heavy atom. The average molecular weight is 198 g/mol. The SMILES string of the molecule is CCN1C(=O)COCC12CCNCC2. The Labute approximate surface area is 84.6 Å². The highest BCUT2D eigenvalue weighted by molar-refractivity contribution is 5.79. The highest BCUT2D eigenvalue weighted by atomic mass is 16.5. The number of ether oxygens (including phenoxy) is 1. The van der Waals surface area contributed by atoms with E-state index in [1.165, 1.54) is 0 Å². The second-order valence-corrected chi connectivity index (χ2v) is 4.11. The fourth-order valence-corrected chi connectivity index (χ4v) is 2.57. The lowest BCUT2D eigenvalue weighted by Gasteiger charge is -2.48. The van der Waals surface area contributed by atoms with Crippen LogP contribution in [-0.4, -0.2) is 49.2 Å². The summed E-state index contributed by atoms with van der Waals surface area (Å²) in [6.07, 6.45) is 2.04. The van der Waals surface area contributed by atoms with Gasteiger partial charge in [-0.25, -0.2) is 0 Å². The maximum Gasteiger partial charge on any atom is 0.249 e. The molecule has 0 saturated carbocycles. The first-order valence-electron chi connectivity index (χ1n) is 5.37. The molecule has 2 heterocycles. The summed E-state index contributed by atoms with van der Waals surface area (Å²) in [5.41, 5.74) is -0.00463. The van der Waals surface area contributed by atoms with Gasteiger partial charge in [0.05, 0.1) is 12.1 Å². The third kappa shape index (κ3) is 1.53. The lowest BCUT2D eigenvalue weighted by atomic mass is 9.86. The van der Waals surface area contributed by atoms with Gasteiger partial charge in [-0.1, -0.05) is 0 Å². The maximum absolute atomic E-state index is 11.7. The summed E-state index contributed by atoms with van der Waals surface area (Å²) in [5.74, 6) is 0.153. The third-order valence-electron chi connectivity index (χ3n) is 3.32. The Hall–Kier alpha value is -0.610. The van der Waals surface area contributed by atoms with Crippen molar-refractivity contribution in [2.24, 2.45) is 0 Å². The van der Waals surface area contributed by atoms with Gasteiger partial charge in [0.15, 0.2) is 0 Å². The van der Waals surface area contributed by atoms with E-state index >= 15 is 0 Å². The first-order valence-corrected chi connectivity index (χ1v) is 5.37. The van der Waals surface area contributed by atoms with Crippen molar-refractivity contribution < 1.29 is 9.53 Å². The quantitative estimate of drug-likeness (QED) is 0.644. The molecule has 2 fully saturated rings. The molecular formula is C10H18N2O2. The summed E-state index contributed by atoms with van der Waals surface area (Å²) in [4.78, 5) is 13.7. The molecule has 0 aromatic rings. The Bertz CT molecular complexity index is 219. The van der Waals surface area contributed by atoms with Crippen LogP contribution in [0.4, 0.5) is 0 Å². The van der Waals surface area contributed by atoms with Gasteiger partial charge in [0.1, 0.15) is 6.61 Å². The van der Waals surface area contributed by atoms with Crippen LogP contribution >= 0.6 is 0 Å². The normalized spacial score (nSPS) is 26.9. The van der Waals surface area contributed by atoms with E-state index in [2.05, 4.69) is 5.32 Å². The zero-order valence-corrected chi connectivity index (χ0v) is 8.71. The smallest absolute Gasteiger partial charge is 0.249 e. The minimum atomic E-state index is -0.00463. The fraction of sp³-hybridized carbons (Fsp3) is 0.900. The van der Waals surface area contributed by atoms with Gasteiger partial charge in [0.2, 0.25) is 5.91 Å². The monoisotopic (exact) mass is 198 g/mol. The lowest BCUT2D eigenvalue weighted by Crippen LogP contribution is -2.63. The van der Waals surface area contributed by atoms with Crippen molar-refractivity contribution in [3.63, 3.8) is 0 Å². The predicted molar refractivity (Wildman–Crippen MR) is 53.0 cm³/mol. The Morgan fingerprint density at radius 3 is 2.86 bits per heavy atom. The van der Waals surface area contributed by atoms with Crippen molar-refractivity contribution in [3.8, 4) is 0 Å². The Morgan fingerprint density at radius 2 is 2.21 bits per heavy atom. The summed E-state index contributed by atoms with van der Waals surface area (Å²) in [7, 11) is 0. The lowest BCUT2D eigenvalue weighted by molar-refractivity contribution is -0.160. The van der Waals surface area contributed by atoms with Crippen LogP contribution in [0.25, 0.3) is 0 Å². The fourth-order valence-electron chi connectivity index (χ4n) is 2.57. The number of nitrogens with one attached hydrogen (secondary N) is 1. The topological polar surface area (TPSA) is 41.6 Å². The van der Waals surface area contributed by atoms with Crippen LogP contribution in [0.1, 0.15) is 19.8 Å². The molecule has 1 N–H and O–H groups in total. The second-order valence-electron chi connectivity index (χ2n) is 4.11. The van der Waals surface area contributed by atoms with Gasteiger partial charge in [-0.15, -0.1) is 0 Å². The van der Waals surface area contributed by atoms with Crippen LogP contribution in [0.15, 0.2) is 0 Å². The van der Waals surface area contributed by atoms with Gasteiger partial charge in [0.25, 0.3) is 0 Å². The molecule has 0 radical (unpaired) electrons. The summed E-state index contributed by atoms with van der Waals surface area (Å²) >= 11 is 0. The molecule has 0 aromatic heterocycles. The van der Waals surface area contributed by atoms with Crippen LogP contribution in [-0.2, 0) is 9.53 Å². The number of nitrogens with zero attached hydrogens (tertiary/aromatic N) is 1. The molecule has 0 aliphatic carbocycles. The number of carbonyl (C=O) groups is 1. The molecule has 2 saturated heterocycles. The Kier molecular flexibility index (Phi) is 2.74. The molecule has 2 aliphatic rings. The number of rotatable bonds is 1. The van der Waals surface area contributed by atoms with E-state index in [0.717, 1.165) is 32.5 Å². The molecule has 2 aliphatic heterocycles. The molecule has 14 heavy (non-hydrogen) atoms. The largest absolute Gasteiger partial charge is 0.369 e. The number of likely N-dealkylation sites (N-methyl/N-ethyl adjacent to an activating group) is 1. The molecular weight excluding hydrogens is 180 g/mol. The van der Waals surface area contributed by atoms with E-state index < -0.39 is 0 Å². The third-order valence-corrected chi connectivity index (χ3v) is 3.32. The average Bonchev–Trinajstić information content (AvgIpc) is 2.19. The number of amides is 1. The van der Waals surface area contributed by atoms with Gasteiger partial charge >= 0.3 is 0 Å². The summed E-state index contributed by atoms with van der Waals surface area (Å²) < 4.78 is 5.39. The van der Waals surface area contributed by atoms with Gasteiger partial charge in [-0.2, -0.15) is 0 Å². The zero-order chi connectivity index (χ0) is 10.0. The first-order chi connectivity index (χ1) is 6.78. The van der Waals surface area contributed by atoms with Crippen LogP contribution in [0.2, 0.25) is 0 Å². The van der Waals surface area contributed by atoms with Gasteiger partial charge in [-0.3, -0.25) is 4.79 Å². The molecule has 1 amide bonds. The summed E-state index contributed by atoms with van der Waals surface area (Å²) in [6, 6.07) is 0. The van der Waals surface area contributed by atoms with Crippen molar-refractivity contribution >= 4 is 5.91 Å². The van der Waals surface area contributed by atoms with Gasteiger partial charge < -0.3 is 15.0 Å². The molecule has 0 atom stereocenters. The highest BCUT2D eigenvalue weighted by Gasteiger charge is 2.42. The van der Waals surface area contributed by atoms with Crippen molar-refractivity contribution in [1.29, 1.82) is 0 Å². The maximum atomic E-state index is 11.7. The molecule has 1 spiro atoms. The van der Waals surface area contributed by atoms with E-state index in [-0.39, 0.29) is 18.1 Å². The Balaban J connectivity index is 2.16. The van der Waals surface area contributed by atoms with Crippen molar-refractivity contribution in [1.82, 2.24) is 10.2 Å². The highest BCUT2D eigenvalue weighted by Crippen LogP contribution is 2.29. The van der Waals surface area contributed by atoms with Gasteiger partial charge in [-0.05, 0) is 32.9 Å². The number of morpholine rings is 1. The molecule has 80 valence electrons. The molecule has 4 heteroatoms. The summed E-state index contributed by atoms with van der Waals surface area (Å²) in [6.45, 7) is 5.83. The van der Waals surface area contributed by atoms with E-state index in [1.807, 2.05) is 11.8 Å². The van der Waals surface area contributed by atoms with Crippen LogP contribution < -0.4 is 5.32 Å². The van der Waals surface area contributed by atoms with Crippen molar-refractivity contribution in [2.75, 3.05) is 32.8 Å². The van der Waals surface area contributed by atoms with Crippen LogP contribution in [0.5, 0.6) is 0 Å². The van der Waals surface area contributed by atoms with E-state index in [1.54, 1.807) is 0 Å². The molecule has 4 nitrogen and oxygen atoms in total. The second kappa shape index (κ2) is 3.87. The number of piperidine rings is 1. The predicted octanol–water partition coefficient (Wildman–Crippen LogP) is -0.0127. The molecule has 0 unspecified atom stereocenters. The van der Waals surface area contributed by atoms with Gasteiger partial charge in [0, 0.05) is 6.54 Å². The molecule has 0 bridgehead atoms. The van der Waals surface area contributed by atoms with E-state index in [4.69, 9.17) is 4.74 Å². The number of carbonyl (C=O) groups excluding carboxylic acids is 1. The first kappa shape index (κ1) is 9.93. The van der Waals surface area contributed by atoms with Crippen LogP contribution in [0.3, 0.4) is 0 Å². The summed E-state index contributed by atoms with van der Waals surface area (Å²) in [5, 5.41) is 3.32. The standard InChI is InChI=1S/C10H18N2O2/c1-2-12-9(13)7-14-8-10(12)3-5-11-6-4-10/h11H,2-8H2,1H3. The van der Waals surface area contributed by atoms with Crippen LogP contribution in [0, 0.1) is 0 Å². The van der Waals surface area contributed by atoms with E-state index in [9.17, 15) is 4.79 Å². The number of hydrogen-bond acceptors (Lipinski definition) is 3. The molecule has 0 aromatic carbocycles. The van der Waals surface area contributed by atoms with Crippen molar-refractivity contribution in [2.45, 2.75) is 25.3 Å². The zero-order valence-electron chi connectivity index (χ0n) is 8.71. The number of hydrogen-bond donors (Lipinski definition) is 1. The van der Waals surface area contributed by atoms with E-state index in [0.29, 0.717) is 6.61 Å². The minimum Gasteiger partial charge on any atom is -0.369 e.